The third-order valence-electron chi connectivity index (χ3n) is 1.42. The lowest BCUT2D eigenvalue weighted by Crippen LogP contribution is -2.08. The summed E-state index contributed by atoms with van der Waals surface area (Å²) in [5.41, 5.74) is 5.51. The Morgan fingerprint density at radius 1 is 1.80 bits per heavy atom. The molecule has 0 amide bonds. The van der Waals surface area contributed by atoms with Crippen LogP contribution in [0.1, 0.15) is 25.1 Å². The highest BCUT2D eigenvalue weighted by Gasteiger charge is 2.11. The van der Waals surface area contributed by atoms with Crippen LogP contribution >= 0.6 is 0 Å². The maximum Gasteiger partial charge on any atom is 0.166 e. The van der Waals surface area contributed by atoms with Gasteiger partial charge < -0.3 is 10.2 Å². The number of halogens is 1. The van der Waals surface area contributed by atoms with Crippen molar-refractivity contribution in [2.75, 3.05) is 0 Å². The third kappa shape index (κ3) is 1.19. The molecular weight excluding hydrogens is 133 g/mol. The Morgan fingerprint density at radius 2 is 2.50 bits per heavy atom. The molecule has 10 heavy (non-hydrogen) atoms. The second kappa shape index (κ2) is 2.84. The molecule has 2 nitrogen and oxygen atoms in total. The molecule has 1 rings (SSSR count). The highest BCUT2D eigenvalue weighted by Crippen LogP contribution is 2.17. The van der Waals surface area contributed by atoms with Crippen LogP contribution in [0.5, 0.6) is 0 Å². The van der Waals surface area contributed by atoms with E-state index in [1.807, 2.05) is 6.92 Å². The van der Waals surface area contributed by atoms with Gasteiger partial charge in [-0.15, -0.1) is 0 Å². The predicted octanol–water partition coefficient (Wildman–Crippen LogP) is 1.83. The van der Waals surface area contributed by atoms with E-state index in [0.29, 0.717) is 6.42 Å². The quantitative estimate of drug-likeness (QED) is 0.685. The predicted molar refractivity (Wildman–Crippen MR) is 35.9 cm³/mol. The monoisotopic (exact) mass is 143 g/mol. The molecule has 0 fully saturated rings. The summed E-state index contributed by atoms with van der Waals surface area (Å²) in [4.78, 5) is 0. The van der Waals surface area contributed by atoms with Crippen molar-refractivity contribution in [3.8, 4) is 0 Å². The molecule has 1 aromatic heterocycles. The average Bonchev–Trinajstić information content (AvgIpc) is 2.34. The van der Waals surface area contributed by atoms with Crippen LogP contribution in [0.15, 0.2) is 16.7 Å². The summed E-state index contributed by atoms with van der Waals surface area (Å²) >= 11 is 0. The van der Waals surface area contributed by atoms with Gasteiger partial charge in [0.05, 0.1) is 12.3 Å². The van der Waals surface area contributed by atoms with Crippen molar-refractivity contribution in [3.63, 3.8) is 0 Å². The molecule has 3 heteroatoms. The maximum absolute atomic E-state index is 12.6. The van der Waals surface area contributed by atoms with E-state index in [0.717, 1.165) is 0 Å². The Bertz CT molecular complexity index is 209. The van der Waals surface area contributed by atoms with Gasteiger partial charge in [0.25, 0.3) is 0 Å². The second-order valence-electron chi connectivity index (χ2n) is 2.15. The smallest absolute Gasteiger partial charge is 0.166 e. The van der Waals surface area contributed by atoms with Crippen molar-refractivity contribution < 1.29 is 8.81 Å². The van der Waals surface area contributed by atoms with Crippen LogP contribution in [-0.4, -0.2) is 0 Å². The number of nitrogens with two attached hydrogens (primary N) is 1. The van der Waals surface area contributed by atoms with E-state index in [1.54, 1.807) is 0 Å². The Labute approximate surface area is 58.8 Å². The molecule has 0 radical (unpaired) electrons. The minimum Gasteiger partial charge on any atom is -0.465 e. The first-order chi connectivity index (χ1) is 4.75. The third-order valence-corrected chi connectivity index (χ3v) is 1.42. The summed E-state index contributed by atoms with van der Waals surface area (Å²) in [5.74, 6) is -0.100. The molecule has 0 saturated carbocycles. The van der Waals surface area contributed by atoms with E-state index in [2.05, 4.69) is 0 Å². The van der Waals surface area contributed by atoms with Gasteiger partial charge in [-0.05, 0) is 6.42 Å². The zero-order valence-corrected chi connectivity index (χ0v) is 5.80. The molecule has 2 N–H and O–H groups in total. The summed E-state index contributed by atoms with van der Waals surface area (Å²) in [5, 5.41) is 0. The molecule has 56 valence electrons. The van der Waals surface area contributed by atoms with E-state index >= 15 is 0 Å². The highest BCUT2D eigenvalue weighted by molar-refractivity contribution is 5.06. The minimum absolute atomic E-state index is 0.252. The van der Waals surface area contributed by atoms with Gasteiger partial charge in [0, 0.05) is 6.07 Å². The molecule has 0 aromatic carbocycles. The van der Waals surface area contributed by atoms with Crippen molar-refractivity contribution >= 4 is 0 Å². The largest absolute Gasteiger partial charge is 0.465 e. The number of rotatable bonds is 2. The van der Waals surface area contributed by atoms with Crippen LogP contribution in [0.4, 0.5) is 4.39 Å². The van der Waals surface area contributed by atoms with Gasteiger partial charge in [-0.1, -0.05) is 6.92 Å². The lowest BCUT2D eigenvalue weighted by atomic mass is 10.2. The fourth-order valence-electron chi connectivity index (χ4n) is 0.755. The summed E-state index contributed by atoms with van der Waals surface area (Å²) in [7, 11) is 0. The number of hydrogen-bond acceptors (Lipinski definition) is 2. The van der Waals surface area contributed by atoms with Crippen molar-refractivity contribution in [1.29, 1.82) is 0 Å². The second-order valence-corrected chi connectivity index (χ2v) is 2.15. The van der Waals surface area contributed by atoms with Gasteiger partial charge in [-0.25, -0.2) is 4.39 Å². The summed E-state index contributed by atoms with van der Waals surface area (Å²) < 4.78 is 17.4. The Balaban J connectivity index is 2.82. The summed E-state index contributed by atoms with van der Waals surface area (Å²) in [6.45, 7) is 1.88. The first kappa shape index (κ1) is 7.28. The standard InChI is InChI=1S/C7H10FNO/c1-2-6(9)7-5(8)3-4-10-7/h3-4,6H,2,9H2,1H3/t6-/m0/s1. The number of hydrogen-bond donors (Lipinski definition) is 1. The van der Waals surface area contributed by atoms with Crippen LogP contribution < -0.4 is 5.73 Å². The van der Waals surface area contributed by atoms with Gasteiger partial charge >= 0.3 is 0 Å². The first-order valence-electron chi connectivity index (χ1n) is 3.24. The van der Waals surface area contributed by atoms with E-state index in [-0.39, 0.29) is 17.6 Å². The molecule has 0 aliphatic carbocycles. The summed E-state index contributed by atoms with van der Waals surface area (Å²) in [6, 6.07) is 0.959. The van der Waals surface area contributed by atoms with Gasteiger partial charge in [0.2, 0.25) is 0 Å². The minimum atomic E-state index is -0.352. The topological polar surface area (TPSA) is 39.2 Å². The van der Waals surface area contributed by atoms with E-state index in [4.69, 9.17) is 10.2 Å². The fourth-order valence-corrected chi connectivity index (χ4v) is 0.755. The van der Waals surface area contributed by atoms with Gasteiger partial charge in [-0.3, -0.25) is 0 Å². The van der Waals surface area contributed by atoms with Gasteiger partial charge in [-0.2, -0.15) is 0 Å². The molecule has 0 saturated heterocycles. The Kier molecular flexibility index (Phi) is 2.06. The normalized spacial score (nSPS) is 13.5. The lowest BCUT2D eigenvalue weighted by Gasteiger charge is -2.02. The Morgan fingerprint density at radius 3 is 2.90 bits per heavy atom. The maximum atomic E-state index is 12.6. The number of furan rings is 1. The van der Waals surface area contributed by atoms with Crippen LogP contribution in [0.3, 0.4) is 0 Å². The SMILES string of the molecule is CC[C@H](N)c1occc1F. The van der Waals surface area contributed by atoms with Gasteiger partial charge in [0.15, 0.2) is 11.6 Å². The van der Waals surface area contributed by atoms with Crippen molar-refractivity contribution in [1.82, 2.24) is 0 Å². The zero-order valence-electron chi connectivity index (χ0n) is 5.80. The summed E-state index contributed by atoms with van der Waals surface area (Å²) in [6.07, 6.45) is 1.99. The molecule has 0 bridgehead atoms. The molecule has 0 aliphatic heterocycles. The van der Waals surface area contributed by atoms with Crippen LogP contribution in [0.25, 0.3) is 0 Å². The van der Waals surface area contributed by atoms with E-state index in [9.17, 15) is 4.39 Å². The lowest BCUT2D eigenvalue weighted by molar-refractivity contribution is 0.428. The van der Waals surface area contributed by atoms with Crippen molar-refractivity contribution in [2.45, 2.75) is 19.4 Å². The molecule has 0 unspecified atom stereocenters. The van der Waals surface area contributed by atoms with Crippen LogP contribution in [-0.2, 0) is 0 Å². The van der Waals surface area contributed by atoms with Crippen molar-refractivity contribution in [2.24, 2.45) is 5.73 Å². The van der Waals surface area contributed by atoms with E-state index < -0.39 is 0 Å². The van der Waals surface area contributed by atoms with Crippen molar-refractivity contribution in [3.05, 3.63) is 23.9 Å². The van der Waals surface area contributed by atoms with Crippen LogP contribution in [0, 0.1) is 5.82 Å². The molecule has 0 aliphatic rings. The fraction of sp³-hybridized carbons (Fsp3) is 0.429. The average molecular weight is 143 g/mol. The Hall–Kier alpha value is -0.830. The molecular formula is C7H10FNO. The highest BCUT2D eigenvalue weighted by atomic mass is 19.1. The van der Waals surface area contributed by atoms with Gasteiger partial charge in [0.1, 0.15) is 0 Å². The molecule has 1 heterocycles. The molecule has 1 atom stereocenters. The molecule has 0 spiro atoms. The molecule has 1 aromatic rings. The van der Waals surface area contributed by atoms with E-state index in [1.165, 1.54) is 12.3 Å². The van der Waals surface area contributed by atoms with Crippen LogP contribution in [0.2, 0.25) is 0 Å². The first-order valence-corrected chi connectivity index (χ1v) is 3.24. The zero-order chi connectivity index (χ0) is 7.56.